The number of alkyl halides is 3. The van der Waals surface area contributed by atoms with Gasteiger partial charge in [-0.25, -0.2) is 9.37 Å². The molecule has 1 heterocycles. The van der Waals surface area contributed by atoms with Crippen LogP contribution in [0, 0.1) is 5.82 Å². The number of nitrogens with zero attached hydrogens (tertiary/aromatic N) is 1. The Morgan fingerprint density at radius 2 is 1.90 bits per heavy atom. The van der Waals surface area contributed by atoms with E-state index in [1.807, 2.05) is 0 Å². The average molecular weight is 286 g/mol. The average Bonchev–Trinajstić information content (AvgIpc) is 2.38. The first-order valence-corrected chi connectivity index (χ1v) is 5.61. The SMILES string of the molecule is NCc1c(F)cccc1Oc1ncccc1C(F)(F)F. The van der Waals surface area contributed by atoms with Crippen LogP contribution in [0.2, 0.25) is 0 Å². The summed E-state index contributed by atoms with van der Waals surface area (Å²) < 4.78 is 57.0. The zero-order valence-corrected chi connectivity index (χ0v) is 10.1. The van der Waals surface area contributed by atoms with Crippen molar-refractivity contribution in [2.75, 3.05) is 0 Å². The molecule has 7 heteroatoms. The fourth-order valence-electron chi connectivity index (χ4n) is 1.62. The fourth-order valence-corrected chi connectivity index (χ4v) is 1.62. The molecule has 0 spiro atoms. The van der Waals surface area contributed by atoms with Crippen molar-refractivity contribution in [1.29, 1.82) is 0 Å². The number of nitrogens with two attached hydrogens (primary N) is 1. The van der Waals surface area contributed by atoms with Gasteiger partial charge >= 0.3 is 6.18 Å². The van der Waals surface area contributed by atoms with Crippen molar-refractivity contribution in [1.82, 2.24) is 4.98 Å². The molecule has 0 radical (unpaired) electrons. The Morgan fingerprint density at radius 3 is 2.55 bits per heavy atom. The van der Waals surface area contributed by atoms with Crippen molar-refractivity contribution in [2.24, 2.45) is 5.73 Å². The molecule has 0 atom stereocenters. The predicted molar refractivity (Wildman–Crippen MR) is 63.6 cm³/mol. The van der Waals surface area contributed by atoms with E-state index in [0.717, 1.165) is 24.4 Å². The second-order valence-electron chi connectivity index (χ2n) is 3.88. The van der Waals surface area contributed by atoms with Gasteiger partial charge in [-0.2, -0.15) is 13.2 Å². The van der Waals surface area contributed by atoms with Gasteiger partial charge in [0.2, 0.25) is 5.88 Å². The Labute approximate surface area is 112 Å². The van der Waals surface area contributed by atoms with Crippen molar-refractivity contribution < 1.29 is 22.3 Å². The summed E-state index contributed by atoms with van der Waals surface area (Å²) in [5.74, 6) is -1.37. The quantitative estimate of drug-likeness (QED) is 0.879. The van der Waals surface area contributed by atoms with Crippen LogP contribution in [0.25, 0.3) is 0 Å². The Balaban J connectivity index is 2.44. The Bertz CT molecular complexity index is 614. The zero-order valence-electron chi connectivity index (χ0n) is 10.1. The number of ether oxygens (including phenoxy) is 1. The summed E-state index contributed by atoms with van der Waals surface area (Å²) in [5.41, 5.74) is 4.32. The summed E-state index contributed by atoms with van der Waals surface area (Å²) in [5, 5.41) is 0. The maximum absolute atomic E-state index is 13.5. The molecule has 0 fully saturated rings. The van der Waals surface area contributed by atoms with Gasteiger partial charge in [0.15, 0.2) is 0 Å². The van der Waals surface area contributed by atoms with Gasteiger partial charge in [-0.15, -0.1) is 0 Å². The molecular weight excluding hydrogens is 276 g/mol. The van der Waals surface area contributed by atoms with Crippen LogP contribution < -0.4 is 10.5 Å². The third-order valence-corrected chi connectivity index (χ3v) is 2.56. The minimum absolute atomic E-state index is 0.00808. The number of aromatic nitrogens is 1. The van der Waals surface area contributed by atoms with Crippen molar-refractivity contribution in [3.05, 3.63) is 53.5 Å². The summed E-state index contributed by atoms with van der Waals surface area (Å²) >= 11 is 0. The molecule has 2 aromatic rings. The summed E-state index contributed by atoms with van der Waals surface area (Å²) in [4.78, 5) is 3.54. The van der Waals surface area contributed by atoms with E-state index in [1.54, 1.807) is 0 Å². The Morgan fingerprint density at radius 1 is 1.15 bits per heavy atom. The summed E-state index contributed by atoms with van der Waals surface area (Å²) in [6.45, 7) is -0.198. The lowest BCUT2D eigenvalue weighted by atomic mass is 10.2. The van der Waals surface area contributed by atoms with Crippen LogP contribution in [-0.4, -0.2) is 4.98 Å². The molecule has 0 aliphatic carbocycles. The van der Waals surface area contributed by atoms with Crippen LogP contribution in [-0.2, 0) is 12.7 Å². The lowest BCUT2D eigenvalue weighted by Gasteiger charge is -2.14. The molecule has 106 valence electrons. The molecule has 2 rings (SSSR count). The highest BCUT2D eigenvalue weighted by Crippen LogP contribution is 2.37. The molecule has 0 saturated heterocycles. The lowest BCUT2D eigenvalue weighted by molar-refractivity contribution is -0.138. The van der Waals surface area contributed by atoms with E-state index in [0.29, 0.717) is 0 Å². The molecule has 1 aromatic heterocycles. The molecule has 0 bridgehead atoms. The van der Waals surface area contributed by atoms with Crippen LogP contribution in [0.15, 0.2) is 36.5 Å². The summed E-state index contributed by atoms with van der Waals surface area (Å²) in [7, 11) is 0. The number of hydrogen-bond acceptors (Lipinski definition) is 3. The standard InChI is InChI=1S/C13H10F4N2O/c14-10-4-1-5-11(8(10)7-18)20-12-9(13(15,16)17)3-2-6-19-12/h1-6H,7,18H2. The molecule has 1 aromatic carbocycles. The molecule has 2 N–H and O–H groups in total. The molecule has 0 saturated carbocycles. The molecule has 20 heavy (non-hydrogen) atoms. The van der Waals surface area contributed by atoms with Crippen LogP contribution in [0.1, 0.15) is 11.1 Å². The monoisotopic (exact) mass is 286 g/mol. The Hall–Kier alpha value is -2.15. The fraction of sp³-hybridized carbons (Fsp3) is 0.154. The van der Waals surface area contributed by atoms with Crippen LogP contribution in [0.5, 0.6) is 11.6 Å². The first-order valence-electron chi connectivity index (χ1n) is 5.61. The number of hydrogen-bond donors (Lipinski definition) is 1. The second kappa shape index (κ2) is 5.46. The van der Waals surface area contributed by atoms with Crippen LogP contribution in [0.3, 0.4) is 0 Å². The molecular formula is C13H10F4N2O. The van der Waals surface area contributed by atoms with E-state index in [4.69, 9.17) is 10.5 Å². The smallest absolute Gasteiger partial charge is 0.421 e. The lowest BCUT2D eigenvalue weighted by Crippen LogP contribution is -2.09. The predicted octanol–water partition coefficient (Wildman–Crippen LogP) is 3.49. The molecule has 0 aliphatic heterocycles. The van der Waals surface area contributed by atoms with Gasteiger partial charge in [-0.3, -0.25) is 0 Å². The van der Waals surface area contributed by atoms with Gasteiger partial charge in [0.05, 0.1) is 0 Å². The van der Waals surface area contributed by atoms with E-state index in [-0.39, 0.29) is 17.9 Å². The first-order chi connectivity index (χ1) is 9.43. The maximum atomic E-state index is 13.5. The highest BCUT2D eigenvalue weighted by Gasteiger charge is 2.35. The van der Waals surface area contributed by atoms with Crippen molar-refractivity contribution in [3.63, 3.8) is 0 Å². The Kier molecular flexibility index (Phi) is 3.89. The second-order valence-corrected chi connectivity index (χ2v) is 3.88. The first kappa shape index (κ1) is 14.3. The van der Waals surface area contributed by atoms with Crippen molar-refractivity contribution >= 4 is 0 Å². The summed E-state index contributed by atoms with van der Waals surface area (Å²) in [6.07, 6.45) is -3.45. The molecule has 0 amide bonds. The zero-order chi connectivity index (χ0) is 14.8. The van der Waals surface area contributed by atoms with E-state index in [1.165, 1.54) is 12.1 Å². The minimum atomic E-state index is -4.61. The normalized spacial score (nSPS) is 11.4. The van der Waals surface area contributed by atoms with Crippen molar-refractivity contribution in [3.8, 4) is 11.6 Å². The van der Waals surface area contributed by atoms with E-state index in [9.17, 15) is 17.6 Å². The third kappa shape index (κ3) is 2.88. The number of halogens is 4. The van der Waals surface area contributed by atoms with Crippen LogP contribution >= 0.6 is 0 Å². The molecule has 0 unspecified atom stereocenters. The minimum Gasteiger partial charge on any atom is -0.438 e. The van der Waals surface area contributed by atoms with Gasteiger partial charge in [0.25, 0.3) is 0 Å². The van der Waals surface area contributed by atoms with Crippen LogP contribution in [0.4, 0.5) is 17.6 Å². The number of benzene rings is 1. The number of pyridine rings is 1. The molecule has 0 aliphatic rings. The highest BCUT2D eigenvalue weighted by atomic mass is 19.4. The van der Waals surface area contributed by atoms with E-state index in [2.05, 4.69) is 4.98 Å². The van der Waals surface area contributed by atoms with E-state index >= 15 is 0 Å². The molecule has 3 nitrogen and oxygen atoms in total. The van der Waals surface area contributed by atoms with Gasteiger partial charge in [-0.05, 0) is 24.3 Å². The van der Waals surface area contributed by atoms with Gasteiger partial charge in [-0.1, -0.05) is 6.07 Å². The highest BCUT2D eigenvalue weighted by molar-refractivity contribution is 5.39. The van der Waals surface area contributed by atoms with Gasteiger partial charge in [0, 0.05) is 18.3 Å². The third-order valence-electron chi connectivity index (χ3n) is 2.56. The van der Waals surface area contributed by atoms with Gasteiger partial charge < -0.3 is 10.5 Å². The van der Waals surface area contributed by atoms with Crippen molar-refractivity contribution in [2.45, 2.75) is 12.7 Å². The summed E-state index contributed by atoms with van der Waals surface area (Å²) in [6, 6.07) is 5.78. The largest absolute Gasteiger partial charge is 0.438 e. The maximum Gasteiger partial charge on any atom is 0.421 e. The number of rotatable bonds is 3. The van der Waals surface area contributed by atoms with Gasteiger partial charge in [0.1, 0.15) is 17.1 Å². The van der Waals surface area contributed by atoms with E-state index < -0.39 is 23.4 Å². The topological polar surface area (TPSA) is 48.1 Å².